The molecule has 0 fully saturated rings. The predicted octanol–water partition coefficient (Wildman–Crippen LogP) is 3.37. The molecule has 0 saturated heterocycles. The summed E-state index contributed by atoms with van der Waals surface area (Å²) in [5.74, 6) is -0.382. The van der Waals surface area contributed by atoms with Gasteiger partial charge in [0.15, 0.2) is 6.61 Å². The summed E-state index contributed by atoms with van der Waals surface area (Å²) in [5.41, 5.74) is -0.820. The van der Waals surface area contributed by atoms with E-state index in [1.54, 1.807) is 0 Å². The number of amides is 1. The highest BCUT2D eigenvalue weighted by atomic mass is 79.9. The molecule has 1 N–H and O–H groups in total. The SMILES string of the molecule is CCCNC(=O)COc1cc(C(F)(F)F)ccc1Br. The van der Waals surface area contributed by atoms with Gasteiger partial charge >= 0.3 is 6.18 Å². The number of benzene rings is 1. The van der Waals surface area contributed by atoms with Gasteiger partial charge in [-0.25, -0.2) is 0 Å². The number of ether oxygens (including phenoxy) is 1. The van der Waals surface area contributed by atoms with Crippen LogP contribution in [0.4, 0.5) is 13.2 Å². The largest absolute Gasteiger partial charge is 0.483 e. The highest BCUT2D eigenvalue weighted by Crippen LogP contribution is 2.34. The van der Waals surface area contributed by atoms with Crippen LogP contribution in [-0.2, 0) is 11.0 Å². The molecule has 0 aliphatic rings. The van der Waals surface area contributed by atoms with Crippen molar-refractivity contribution < 1.29 is 22.7 Å². The summed E-state index contributed by atoms with van der Waals surface area (Å²) in [6, 6.07) is 3.04. The topological polar surface area (TPSA) is 38.3 Å². The molecule has 0 aromatic heterocycles. The molecule has 1 aromatic carbocycles. The molecule has 7 heteroatoms. The highest BCUT2D eigenvalue weighted by Gasteiger charge is 2.31. The summed E-state index contributed by atoms with van der Waals surface area (Å²) in [5, 5.41) is 2.57. The molecule has 0 saturated carbocycles. The number of alkyl halides is 3. The Labute approximate surface area is 117 Å². The fourth-order valence-electron chi connectivity index (χ4n) is 1.25. The Bertz CT molecular complexity index is 449. The molecule has 0 spiro atoms. The van der Waals surface area contributed by atoms with Gasteiger partial charge in [-0.15, -0.1) is 0 Å². The lowest BCUT2D eigenvalue weighted by Crippen LogP contribution is -2.29. The van der Waals surface area contributed by atoms with E-state index in [9.17, 15) is 18.0 Å². The maximum atomic E-state index is 12.5. The summed E-state index contributed by atoms with van der Waals surface area (Å²) in [6.07, 6.45) is -3.66. The van der Waals surface area contributed by atoms with Crippen molar-refractivity contribution in [1.29, 1.82) is 0 Å². The van der Waals surface area contributed by atoms with Gasteiger partial charge in [-0.2, -0.15) is 13.2 Å². The second-order valence-corrected chi connectivity index (χ2v) is 4.64. The molecular weight excluding hydrogens is 327 g/mol. The van der Waals surface area contributed by atoms with Crippen molar-refractivity contribution in [3.05, 3.63) is 28.2 Å². The number of nitrogens with one attached hydrogen (secondary N) is 1. The van der Waals surface area contributed by atoms with Gasteiger partial charge < -0.3 is 10.1 Å². The van der Waals surface area contributed by atoms with E-state index in [-0.39, 0.29) is 18.3 Å². The quantitative estimate of drug-likeness (QED) is 0.893. The molecule has 0 atom stereocenters. The summed E-state index contributed by atoms with van der Waals surface area (Å²) < 4.78 is 43.0. The molecule has 0 aliphatic carbocycles. The van der Waals surface area contributed by atoms with Crippen LogP contribution in [0.2, 0.25) is 0 Å². The Hall–Kier alpha value is -1.24. The standard InChI is InChI=1S/C12H13BrF3NO2/c1-2-5-17-11(18)7-19-10-6-8(12(14,15)16)3-4-9(10)13/h3-4,6H,2,5,7H2,1H3,(H,17,18). The Balaban J connectivity index is 2.70. The smallest absolute Gasteiger partial charge is 0.416 e. The maximum absolute atomic E-state index is 12.5. The van der Waals surface area contributed by atoms with Crippen molar-refractivity contribution in [1.82, 2.24) is 5.32 Å². The van der Waals surface area contributed by atoms with Crippen LogP contribution in [0.25, 0.3) is 0 Å². The zero-order chi connectivity index (χ0) is 14.5. The van der Waals surface area contributed by atoms with Gasteiger partial charge in [-0.1, -0.05) is 6.92 Å². The molecule has 106 valence electrons. The third-order valence-electron chi connectivity index (χ3n) is 2.19. The average molecular weight is 340 g/mol. The Morgan fingerprint density at radius 1 is 1.42 bits per heavy atom. The fourth-order valence-corrected chi connectivity index (χ4v) is 1.61. The molecule has 0 heterocycles. The average Bonchev–Trinajstić information content (AvgIpc) is 2.33. The minimum atomic E-state index is -4.44. The van der Waals surface area contributed by atoms with E-state index in [4.69, 9.17) is 4.74 Å². The van der Waals surface area contributed by atoms with Gasteiger partial charge in [0, 0.05) is 6.54 Å². The Morgan fingerprint density at radius 2 is 2.11 bits per heavy atom. The molecule has 1 amide bonds. The van der Waals surface area contributed by atoms with Crippen molar-refractivity contribution in [2.45, 2.75) is 19.5 Å². The van der Waals surface area contributed by atoms with E-state index in [2.05, 4.69) is 21.2 Å². The van der Waals surface area contributed by atoms with Gasteiger partial charge in [-0.3, -0.25) is 4.79 Å². The minimum absolute atomic E-state index is 0.0125. The van der Waals surface area contributed by atoms with E-state index >= 15 is 0 Å². The number of halogens is 4. The first-order valence-electron chi connectivity index (χ1n) is 5.61. The van der Waals surface area contributed by atoms with E-state index in [1.807, 2.05) is 6.92 Å². The van der Waals surface area contributed by atoms with E-state index in [1.165, 1.54) is 6.07 Å². The Morgan fingerprint density at radius 3 is 2.68 bits per heavy atom. The molecule has 19 heavy (non-hydrogen) atoms. The van der Waals surface area contributed by atoms with Crippen LogP contribution in [0.15, 0.2) is 22.7 Å². The van der Waals surface area contributed by atoms with Crippen LogP contribution in [0.1, 0.15) is 18.9 Å². The van der Waals surface area contributed by atoms with Crippen LogP contribution in [0.5, 0.6) is 5.75 Å². The molecule has 1 rings (SSSR count). The second-order valence-electron chi connectivity index (χ2n) is 3.78. The first kappa shape index (κ1) is 15.8. The summed E-state index contributed by atoms with van der Waals surface area (Å²) in [6.45, 7) is 2.08. The van der Waals surface area contributed by atoms with Gasteiger partial charge in [0.1, 0.15) is 5.75 Å². The minimum Gasteiger partial charge on any atom is -0.483 e. The van der Waals surface area contributed by atoms with Crippen LogP contribution in [0, 0.1) is 0 Å². The van der Waals surface area contributed by atoms with E-state index in [0.717, 1.165) is 18.6 Å². The number of carbonyl (C=O) groups is 1. The zero-order valence-electron chi connectivity index (χ0n) is 10.2. The lowest BCUT2D eigenvalue weighted by atomic mass is 10.2. The van der Waals surface area contributed by atoms with Crippen molar-refractivity contribution in [2.75, 3.05) is 13.2 Å². The first-order valence-corrected chi connectivity index (χ1v) is 6.40. The number of carbonyl (C=O) groups excluding carboxylic acids is 1. The third-order valence-corrected chi connectivity index (χ3v) is 2.84. The lowest BCUT2D eigenvalue weighted by molar-refractivity contribution is -0.137. The molecule has 0 bridgehead atoms. The predicted molar refractivity (Wildman–Crippen MR) is 67.9 cm³/mol. The van der Waals surface area contributed by atoms with Crippen molar-refractivity contribution >= 4 is 21.8 Å². The monoisotopic (exact) mass is 339 g/mol. The van der Waals surface area contributed by atoms with Gasteiger partial charge in [0.2, 0.25) is 0 Å². The molecule has 3 nitrogen and oxygen atoms in total. The summed E-state index contributed by atoms with van der Waals surface area (Å²) in [7, 11) is 0. The van der Waals surface area contributed by atoms with Crippen LogP contribution >= 0.6 is 15.9 Å². The van der Waals surface area contributed by atoms with Crippen molar-refractivity contribution in [3.8, 4) is 5.75 Å². The fraction of sp³-hybridized carbons (Fsp3) is 0.417. The summed E-state index contributed by atoms with van der Waals surface area (Å²) in [4.78, 5) is 11.3. The van der Waals surface area contributed by atoms with Crippen molar-refractivity contribution in [3.63, 3.8) is 0 Å². The van der Waals surface area contributed by atoms with Crippen LogP contribution in [-0.4, -0.2) is 19.1 Å². The maximum Gasteiger partial charge on any atom is 0.416 e. The van der Waals surface area contributed by atoms with Gasteiger partial charge in [0.05, 0.1) is 10.0 Å². The zero-order valence-corrected chi connectivity index (χ0v) is 11.8. The normalized spacial score (nSPS) is 11.2. The Kier molecular flexibility index (Phi) is 5.65. The molecule has 0 radical (unpaired) electrons. The first-order chi connectivity index (χ1) is 8.84. The summed E-state index contributed by atoms with van der Waals surface area (Å²) >= 11 is 3.08. The third kappa shape index (κ3) is 5.10. The number of rotatable bonds is 5. The second kappa shape index (κ2) is 6.79. The molecule has 1 aromatic rings. The van der Waals surface area contributed by atoms with E-state index < -0.39 is 11.7 Å². The van der Waals surface area contributed by atoms with Crippen LogP contribution < -0.4 is 10.1 Å². The molecule has 0 unspecified atom stereocenters. The number of hydrogen-bond donors (Lipinski definition) is 1. The molecule has 0 aliphatic heterocycles. The highest BCUT2D eigenvalue weighted by molar-refractivity contribution is 9.10. The van der Waals surface area contributed by atoms with Gasteiger partial charge in [0.25, 0.3) is 5.91 Å². The number of hydrogen-bond acceptors (Lipinski definition) is 2. The van der Waals surface area contributed by atoms with Gasteiger partial charge in [-0.05, 0) is 40.5 Å². The van der Waals surface area contributed by atoms with Crippen molar-refractivity contribution in [2.24, 2.45) is 0 Å². The van der Waals surface area contributed by atoms with Crippen LogP contribution in [0.3, 0.4) is 0 Å². The lowest BCUT2D eigenvalue weighted by Gasteiger charge is -2.12. The van der Waals surface area contributed by atoms with E-state index in [0.29, 0.717) is 11.0 Å². The molecular formula is C12H13BrF3NO2.